The Bertz CT molecular complexity index is 498. The molecule has 0 bridgehead atoms. The first-order valence-electron chi connectivity index (χ1n) is 8.33. The first kappa shape index (κ1) is 16.7. The van der Waals surface area contributed by atoms with Crippen LogP contribution in [0, 0.1) is 11.8 Å². The smallest absolute Gasteiger partial charge is 0.153 e. The first-order chi connectivity index (χ1) is 10.4. The summed E-state index contributed by atoms with van der Waals surface area (Å²) in [5.41, 5.74) is 8.24. The first-order valence-corrected chi connectivity index (χ1v) is 8.33. The predicted molar refractivity (Wildman–Crippen MR) is 96.9 cm³/mol. The number of pyridine rings is 1. The van der Waals surface area contributed by atoms with Crippen molar-refractivity contribution in [1.29, 1.82) is 0 Å². The lowest BCUT2D eigenvalue weighted by Crippen LogP contribution is -2.36. The van der Waals surface area contributed by atoms with E-state index >= 15 is 0 Å². The molecule has 2 rings (SSSR count). The van der Waals surface area contributed by atoms with Gasteiger partial charge in [0.15, 0.2) is 5.82 Å². The highest BCUT2D eigenvalue weighted by atomic mass is 15.2. The Morgan fingerprint density at radius 1 is 1.45 bits per heavy atom. The molecular weight excluding hydrogens is 274 g/mol. The van der Waals surface area contributed by atoms with Gasteiger partial charge in [-0.2, -0.15) is 0 Å². The Morgan fingerprint density at radius 2 is 2.18 bits per heavy atom. The quantitative estimate of drug-likeness (QED) is 0.875. The lowest BCUT2D eigenvalue weighted by Gasteiger charge is -2.36. The fraction of sp³-hybridized carbons (Fsp3) is 0.706. The molecule has 3 N–H and O–H groups in total. The van der Waals surface area contributed by atoms with Gasteiger partial charge >= 0.3 is 0 Å². The van der Waals surface area contributed by atoms with Gasteiger partial charge in [-0.3, -0.25) is 0 Å². The monoisotopic (exact) mass is 305 g/mol. The van der Waals surface area contributed by atoms with Crippen molar-refractivity contribution < 1.29 is 0 Å². The summed E-state index contributed by atoms with van der Waals surface area (Å²) in [4.78, 5) is 9.05. The van der Waals surface area contributed by atoms with Gasteiger partial charge in [0.1, 0.15) is 5.82 Å². The highest BCUT2D eigenvalue weighted by molar-refractivity contribution is 5.81. The third kappa shape index (κ3) is 3.76. The molecule has 0 spiro atoms. The van der Waals surface area contributed by atoms with Gasteiger partial charge in [0.25, 0.3) is 0 Å². The maximum Gasteiger partial charge on any atom is 0.153 e. The second-order valence-electron chi connectivity index (χ2n) is 6.99. The van der Waals surface area contributed by atoms with E-state index in [1.165, 1.54) is 19.3 Å². The van der Waals surface area contributed by atoms with Gasteiger partial charge in [0, 0.05) is 40.3 Å². The third-order valence-electron chi connectivity index (χ3n) is 4.38. The summed E-state index contributed by atoms with van der Waals surface area (Å²) < 4.78 is 0. The van der Waals surface area contributed by atoms with Crippen molar-refractivity contribution in [2.45, 2.75) is 33.1 Å². The van der Waals surface area contributed by atoms with Crippen LogP contribution in [0.4, 0.5) is 23.0 Å². The van der Waals surface area contributed by atoms with E-state index in [1.54, 1.807) is 0 Å². The molecule has 1 aliphatic rings. The number of nitrogens with two attached hydrogens (primary N) is 1. The number of hydrogen-bond donors (Lipinski definition) is 2. The van der Waals surface area contributed by atoms with Crippen molar-refractivity contribution in [1.82, 2.24) is 4.98 Å². The molecular formula is C17H31N5. The molecule has 124 valence electrons. The number of rotatable bonds is 5. The molecule has 0 aromatic carbocycles. The van der Waals surface area contributed by atoms with E-state index < -0.39 is 0 Å². The van der Waals surface area contributed by atoms with Crippen molar-refractivity contribution in [3.8, 4) is 0 Å². The summed E-state index contributed by atoms with van der Waals surface area (Å²) in [6.45, 7) is 6.80. The minimum atomic E-state index is 0.755. The van der Waals surface area contributed by atoms with E-state index in [0.717, 1.165) is 47.9 Å². The topological polar surface area (TPSA) is 57.4 Å². The SMILES string of the molecule is CNc1nc(N(C)C)cc(N2CCCC(CC(C)C)C2)c1N. The standard InChI is InChI=1S/C17H31N5/c1-12(2)9-13-7-6-8-22(11-13)14-10-15(21(4)5)20-17(19-3)16(14)18/h10,12-13H,6-9,11,18H2,1-5H3,(H,19,20). The van der Waals surface area contributed by atoms with Crippen molar-refractivity contribution in [3.63, 3.8) is 0 Å². The molecule has 5 heteroatoms. The van der Waals surface area contributed by atoms with Crippen molar-refractivity contribution in [3.05, 3.63) is 6.07 Å². The van der Waals surface area contributed by atoms with E-state index in [1.807, 2.05) is 26.0 Å². The molecule has 1 fully saturated rings. The average molecular weight is 305 g/mol. The maximum absolute atomic E-state index is 6.36. The number of piperidine rings is 1. The van der Waals surface area contributed by atoms with Gasteiger partial charge in [-0.15, -0.1) is 0 Å². The van der Waals surface area contributed by atoms with Crippen LogP contribution in [0.3, 0.4) is 0 Å². The summed E-state index contributed by atoms with van der Waals surface area (Å²) in [6.07, 6.45) is 3.87. The Kier molecular flexibility index (Phi) is 5.37. The summed E-state index contributed by atoms with van der Waals surface area (Å²) >= 11 is 0. The van der Waals surface area contributed by atoms with Gasteiger partial charge in [-0.25, -0.2) is 4.98 Å². The van der Waals surface area contributed by atoms with Crippen LogP contribution in [-0.2, 0) is 0 Å². The zero-order chi connectivity index (χ0) is 16.3. The molecule has 1 aromatic rings. The fourth-order valence-electron chi connectivity index (χ4n) is 3.35. The number of hydrogen-bond acceptors (Lipinski definition) is 5. The van der Waals surface area contributed by atoms with Crippen LogP contribution in [0.2, 0.25) is 0 Å². The highest BCUT2D eigenvalue weighted by Gasteiger charge is 2.24. The molecule has 22 heavy (non-hydrogen) atoms. The Morgan fingerprint density at radius 3 is 2.77 bits per heavy atom. The molecule has 2 heterocycles. The molecule has 1 saturated heterocycles. The lowest BCUT2D eigenvalue weighted by atomic mass is 9.89. The molecule has 0 radical (unpaired) electrons. The molecule has 1 aromatic heterocycles. The summed E-state index contributed by atoms with van der Waals surface area (Å²) in [7, 11) is 5.90. The summed E-state index contributed by atoms with van der Waals surface area (Å²) in [5.74, 6) is 3.24. The van der Waals surface area contributed by atoms with Crippen molar-refractivity contribution in [2.24, 2.45) is 11.8 Å². The maximum atomic E-state index is 6.36. The van der Waals surface area contributed by atoms with Gasteiger partial charge < -0.3 is 20.9 Å². The minimum Gasteiger partial charge on any atom is -0.394 e. The van der Waals surface area contributed by atoms with E-state index in [9.17, 15) is 0 Å². The Hall–Kier alpha value is -1.65. The number of nitrogens with one attached hydrogen (secondary N) is 1. The molecule has 0 aliphatic carbocycles. The van der Waals surface area contributed by atoms with Crippen LogP contribution in [0.1, 0.15) is 33.1 Å². The lowest BCUT2D eigenvalue weighted by molar-refractivity contribution is 0.347. The van der Waals surface area contributed by atoms with Gasteiger partial charge in [0.2, 0.25) is 0 Å². The van der Waals surface area contributed by atoms with Gasteiger partial charge in [-0.1, -0.05) is 13.8 Å². The van der Waals surface area contributed by atoms with E-state index in [2.05, 4.69) is 35.1 Å². The highest BCUT2D eigenvalue weighted by Crippen LogP contribution is 2.35. The Labute approximate surface area is 134 Å². The van der Waals surface area contributed by atoms with E-state index in [4.69, 9.17) is 5.73 Å². The van der Waals surface area contributed by atoms with Crippen molar-refractivity contribution in [2.75, 3.05) is 55.1 Å². The van der Waals surface area contributed by atoms with Crippen LogP contribution in [0.15, 0.2) is 6.07 Å². The fourth-order valence-corrected chi connectivity index (χ4v) is 3.35. The second kappa shape index (κ2) is 7.07. The number of anilines is 4. The molecule has 5 nitrogen and oxygen atoms in total. The van der Waals surface area contributed by atoms with Gasteiger partial charge in [0.05, 0.1) is 11.4 Å². The zero-order valence-corrected chi connectivity index (χ0v) is 14.7. The number of nitrogen functional groups attached to an aromatic ring is 1. The van der Waals surface area contributed by atoms with E-state index in [0.29, 0.717) is 0 Å². The largest absolute Gasteiger partial charge is 0.394 e. The molecule has 0 amide bonds. The summed E-state index contributed by atoms with van der Waals surface area (Å²) in [6, 6.07) is 2.12. The molecule has 1 atom stereocenters. The molecule has 1 unspecified atom stereocenters. The Balaban J connectivity index is 2.28. The number of nitrogens with zero attached hydrogens (tertiary/aromatic N) is 3. The minimum absolute atomic E-state index is 0.755. The van der Waals surface area contributed by atoms with Crippen LogP contribution in [-0.4, -0.2) is 39.2 Å². The predicted octanol–water partition coefficient (Wildman–Crippen LogP) is 3.03. The second-order valence-corrected chi connectivity index (χ2v) is 6.99. The van der Waals surface area contributed by atoms with E-state index in [-0.39, 0.29) is 0 Å². The normalized spacial score (nSPS) is 18.6. The van der Waals surface area contributed by atoms with Crippen LogP contribution < -0.4 is 20.9 Å². The van der Waals surface area contributed by atoms with Crippen LogP contribution in [0.5, 0.6) is 0 Å². The van der Waals surface area contributed by atoms with Crippen LogP contribution in [0.25, 0.3) is 0 Å². The van der Waals surface area contributed by atoms with Gasteiger partial charge in [-0.05, 0) is 31.1 Å². The summed E-state index contributed by atoms with van der Waals surface area (Å²) in [5, 5.41) is 3.12. The van der Waals surface area contributed by atoms with Crippen LogP contribution >= 0.6 is 0 Å². The number of aromatic nitrogens is 1. The molecule has 0 saturated carbocycles. The average Bonchev–Trinajstić information content (AvgIpc) is 2.46. The molecule has 1 aliphatic heterocycles. The van der Waals surface area contributed by atoms with Crippen molar-refractivity contribution >= 4 is 23.0 Å². The zero-order valence-electron chi connectivity index (χ0n) is 14.7. The third-order valence-corrected chi connectivity index (χ3v) is 4.38.